The molecule has 3 N–H and O–H groups in total. The zero-order valence-corrected chi connectivity index (χ0v) is 16.4. The molecule has 0 bridgehead atoms. The highest BCUT2D eigenvalue weighted by Gasteiger charge is 2.17. The van der Waals surface area contributed by atoms with Crippen molar-refractivity contribution in [2.75, 3.05) is 12.9 Å². The fourth-order valence-electron chi connectivity index (χ4n) is 1.96. The number of H-pyrrole nitrogens is 1. The average Bonchev–Trinajstić information content (AvgIpc) is 2.99. The van der Waals surface area contributed by atoms with E-state index in [1.807, 2.05) is 20.8 Å². The summed E-state index contributed by atoms with van der Waals surface area (Å²) in [5, 5.41) is 12.7. The number of imide groups is 1. The van der Waals surface area contributed by atoms with E-state index in [0.717, 1.165) is 11.8 Å². The van der Waals surface area contributed by atoms with Crippen molar-refractivity contribution in [3.63, 3.8) is 0 Å². The molecule has 0 fully saturated rings. The van der Waals surface area contributed by atoms with Gasteiger partial charge in [0, 0.05) is 10.6 Å². The van der Waals surface area contributed by atoms with E-state index in [4.69, 9.17) is 16.3 Å². The molecule has 2 aromatic rings. The summed E-state index contributed by atoms with van der Waals surface area (Å²) in [6.07, 6.45) is 0. The van der Waals surface area contributed by atoms with Crippen LogP contribution >= 0.6 is 23.4 Å². The summed E-state index contributed by atoms with van der Waals surface area (Å²) in [7, 11) is 1.55. The number of benzene rings is 1. The second-order valence-electron chi connectivity index (χ2n) is 6.35. The number of aromatic nitrogens is 3. The van der Waals surface area contributed by atoms with Crippen molar-refractivity contribution in [3.05, 3.63) is 23.2 Å². The quantitative estimate of drug-likeness (QED) is 0.669. The van der Waals surface area contributed by atoms with Gasteiger partial charge >= 0.3 is 6.03 Å². The monoisotopic (exact) mass is 397 g/mol. The largest absolute Gasteiger partial charge is 0.496 e. The fourth-order valence-corrected chi connectivity index (χ4v) is 2.73. The van der Waals surface area contributed by atoms with Gasteiger partial charge in [0.2, 0.25) is 11.1 Å². The standard InChI is InChI=1S/C16H20ClN5O3S/c1-16(2,3)20-14(24)18-12(23)8-26-15-19-13(21-22-15)10-7-9(17)5-6-11(10)25-4/h5-7H,8H2,1-4H3,(H,19,21,22)(H2,18,20,23,24). The van der Waals surface area contributed by atoms with Gasteiger partial charge in [0.25, 0.3) is 0 Å². The van der Waals surface area contributed by atoms with E-state index in [2.05, 4.69) is 25.8 Å². The molecule has 0 aliphatic carbocycles. The third-order valence-corrected chi connectivity index (χ3v) is 4.04. The molecule has 1 aromatic carbocycles. The lowest BCUT2D eigenvalue weighted by Gasteiger charge is -2.20. The van der Waals surface area contributed by atoms with E-state index in [1.54, 1.807) is 25.3 Å². The number of urea groups is 1. The maximum Gasteiger partial charge on any atom is 0.321 e. The molecule has 0 saturated carbocycles. The van der Waals surface area contributed by atoms with Crippen LogP contribution in [0.5, 0.6) is 5.75 Å². The van der Waals surface area contributed by atoms with Crippen LogP contribution in [-0.4, -0.2) is 45.5 Å². The minimum atomic E-state index is -0.539. The van der Waals surface area contributed by atoms with Gasteiger partial charge in [-0.2, -0.15) is 0 Å². The molecule has 26 heavy (non-hydrogen) atoms. The average molecular weight is 398 g/mol. The number of nitrogens with one attached hydrogen (secondary N) is 3. The number of methoxy groups -OCH3 is 1. The number of carbonyl (C=O) groups excluding carboxylic acids is 2. The van der Waals surface area contributed by atoms with Crippen molar-refractivity contribution in [2.24, 2.45) is 0 Å². The van der Waals surface area contributed by atoms with Gasteiger partial charge < -0.3 is 10.1 Å². The number of ether oxygens (including phenoxy) is 1. The van der Waals surface area contributed by atoms with E-state index >= 15 is 0 Å². The maximum atomic E-state index is 11.8. The van der Waals surface area contributed by atoms with Crippen LogP contribution in [0.25, 0.3) is 11.4 Å². The SMILES string of the molecule is COc1ccc(Cl)cc1-c1nc(SCC(=O)NC(=O)NC(C)(C)C)n[nH]1. The Balaban J connectivity index is 1.96. The first-order chi connectivity index (χ1) is 12.2. The second kappa shape index (κ2) is 8.41. The van der Waals surface area contributed by atoms with Gasteiger partial charge in [0.05, 0.1) is 18.4 Å². The first kappa shape index (κ1) is 20.1. The molecule has 10 heteroatoms. The number of halogens is 1. The van der Waals surface area contributed by atoms with Crippen LogP contribution in [0.3, 0.4) is 0 Å². The number of nitrogens with zero attached hydrogens (tertiary/aromatic N) is 2. The smallest absolute Gasteiger partial charge is 0.321 e. The molecule has 1 aromatic heterocycles. The molecule has 1 heterocycles. The van der Waals surface area contributed by atoms with Gasteiger partial charge in [0.1, 0.15) is 5.75 Å². The molecule has 0 atom stereocenters. The summed E-state index contributed by atoms with van der Waals surface area (Å²) in [6, 6.07) is 4.61. The molecule has 0 aliphatic rings. The Morgan fingerprint density at radius 2 is 2.08 bits per heavy atom. The van der Waals surface area contributed by atoms with Gasteiger partial charge in [0.15, 0.2) is 5.82 Å². The molecule has 0 saturated heterocycles. The molecule has 0 spiro atoms. The highest BCUT2D eigenvalue weighted by atomic mass is 35.5. The lowest BCUT2D eigenvalue weighted by atomic mass is 10.1. The van der Waals surface area contributed by atoms with Gasteiger partial charge in [-0.1, -0.05) is 23.4 Å². The van der Waals surface area contributed by atoms with Gasteiger partial charge in [-0.05, 0) is 39.0 Å². The highest BCUT2D eigenvalue weighted by molar-refractivity contribution is 7.99. The van der Waals surface area contributed by atoms with Crippen LogP contribution in [0.15, 0.2) is 23.4 Å². The number of aromatic amines is 1. The number of carbonyl (C=O) groups is 2. The van der Waals surface area contributed by atoms with Crippen molar-refractivity contribution in [1.82, 2.24) is 25.8 Å². The van der Waals surface area contributed by atoms with E-state index in [1.165, 1.54) is 0 Å². The van der Waals surface area contributed by atoms with E-state index < -0.39 is 17.5 Å². The van der Waals surface area contributed by atoms with Crippen molar-refractivity contribution in [2.45, 2.75) is 31.5 Å². The van der Waals surface area contributed by atoms with Gasteiger partial charge in [-0.15, -0.1) is 5.10 Å². The van der Waals surface area contributed by atoms with Crippen LogP contribution < -0.4 is 15.4 Å². The molecule has 8 nitrogen and oxygen atoms in total. The summed E-state index contributed by atoms with van der Waals surface area (Å²) in [4.78, 5) is 27.8. The first-order valence-electron chi connectivity index (χ1n) is 7.69. The summed E-state index contributed by atoms with van der Waals surface area (Å²) in [5.74, 6) is 0.626. The Kier molecular flexibility index (Phi) is 6.49. The Morgan fingerprint density at radius 3 is 2.73 bits per heavy atom. The fraction of sp³-hybridized carbons (Fsp3) is 0.375. The third kappa shape index (κ3) is 5.92. The van der Waals surface area contributed by atoms with Crippen LogP contribution in [-0.2, 0) is 4.79 Å². The Hall–Kier alpha value is -2.26. The minimum absolute atomic E-state index is 0.00152. The summed E-state index contributed by atoms with van der Waals surface area (Å²) in [5.41, 5.74) is 0.236. The van der Waals surface area contributed by atoms with Crippen molar-refractivity contribution in [1.29, 1.82) is 0 Å². The predicted molar refractivity (Wildman–Crippen MR) is 101 cm³/mol. The number of rotatable bonds is 5. The van der Waals surface area contributed by atoms with E-state index in [-0.39, 0.29) is 5.75 Å². The lowest BCUT2D eigenvalue weighted by Crippen LogP contribution is -2.48. The zero-order chi connectivity index (χ0) is 19.3. The number of hydrogen-bond acceptors (Lipinski definition) is 6. The number of amides is 3. The van der Waals surface area contributed by atoms with E-state index in [9.17, 15) is 9.59 Å². The zero-order valence-electron chi connectivity index (χ0n) is 14.8. The number of thioether (sulfide) groups is 1. The predicted octanol–water partition coefficient (Wildman–Crippen LogP) is 2.85. The van der Waals surface area contributed by atoms with Crippen LogP contribution in [0.2, 0.25) is 5.02 Å². The van der Waals surface area contributed by atoms with Crippen molar-refractivity contribution >= 4 is 35.3 Å². The third-order valence-electron chi connectivity index (χ3n) is 2.96. The van der Waals surface area contributed by atoms with Gasteiger partial charge in [-0.3, -0.25) is 15.2 Å². The minimum Gasteiger partial charge on any atom is -0.496 e. The molecular formula is C16H20ClN5O3S. The van der Waals surface area contributed by atoms with Crippen LogP contribution in [0.1, 0.15) is 20.8 Å². The molecule has 3 amide bonds. The summed E-state index contributed by atoms with van der Waals surface area (Å²) < 4.78 is 5.28. The van der Waals surface area contributed by atoms with Crippen molar-refractivity contribution < 1.29 is 14.3 Å². The topological polar surface area (TPSA) is 109 Å². The molecular weight excluding hydrogens is 378 g/mol. The molecule has 0 radical (unpaired) electrons. The van der Waals surface area contributed by atoms with Crippen molar-refractivity contribution in [3.8, 4) is 17.1 Å². The van der Waals surface area contributed by atoms with Crippen LogP contribution in [0, 0.1) is 0 Å². The number of hydrogen-bond donors (Lipinski definition) is 3. The maximum absolute atomic E-state index is 11.8. The van der Waals surface area contributed by atoms with E-state index in [0.29, 0.717) is 27.3 Å². The first-order valence-corrected chi connectivity index (χ1v) is 9.05. The Bertz CT molecular complexity index is 803. The summed E-state index contributed by atoms with van der Waals surface area (Å²) in [6.45, 7) is 5.47. The lowest BCUT2D eigenvalue weighted by molar-refractivity contribution is -0.117. The highest BCUT2D eigenvalue weighted by Crippen LogP contribution is 2.31. The molecule has 2 rings (SSSR count). The van der Waals surface area contributed by atoms with Crippen LogP contribution in [0.4, 0.5) is 4.79 Å². The summed E-state index contributed by atoms with van der Waals surface area (Å²) >= 11 is 7.12. The molecule has 0 aliphatic heterocycles. The Morgan fingerprint density at radius 1 is 1.35 bits per heavy atom. The van der Waals surface area contributed by atoms with Gasteiger partial charge in [-0.25, -0.2) is 9.78 Å². The molecule has 0 unspecified atom stereocenters. The second-order valence-corrected chi connectivity index (χ2v) is 7.73. The normalized spacial score (nSPS) is 11.1. The Labute approximate surface area is 160 Å². The molecule has 140 valence electrons.